The summed E-state index contributed by atoms with van der Waals surface area (Å²) in [4.78, 5) is 9.05. The van der Waals surface area contributed by atoms with Gasteiger partial charge in [-0.25, -0.2) is 0 Å². The van der Waals surface area contributed by atoms with E-state index in [0.717, 1.165) is 28.7 Å². The lowest BCUT2D eigenvalue weighted by Crippen LogP contribution is -1.88. The third kappa shape index (κ3) is 2.26. The molecule has 0 radical (unpaired) electrons. The predicted molar refractivity (Wildman–Crippen MR) is 74.2 cm³/mol. The quantitative estimate of drug-likeness (QED) is 0.723. The van der Waals surface area contributed by atoms with Gasteiger partial charge in [0.15, 0.2) is 0 Å². The molecule has 2 rings (SSSR count). The molecule has 0 aliphatic rings. The number of benzene rings is 1. The van der Waals surface area contributed by atoms with Crippen molar-refractivity contribution in [1.82, 2.24) is 4.98 Å². The van der Waals surface area contributed by atoms with Gasteiger partial charge in [-0.15, -0.1) is 0 Å². The van der Waals surface area contributed by atoms with Gasteiger partial charge in [0.2, 0.25) is 0 Å². The van der Waals surface area contributed by atoms with Crippen molar-refractivity contribution < 1.29 is 0 Å². The standard InChI is InChI=1S/C15H16N2/c1-4-10-16-14-12(5-2)8-9-13-7-6-11(3)17-15(13)14/h4,6-10H,1,5H2,2-3H3. The minimum absolute atomic E-state index is 0.954. The third-order valence-electron chi connectivity index (χ3n) is 2.75. The number of aryl methyl sites for hydroxylation is 2. The van der Waals surface area contributed by atoms with Crippen LogP contribution in [0.2, 0.25) is 0 Å². The van der Waals surface area contributed by atoms with Crippen molar-refractivity contribution in [2.75, 3.05) is 0 Å². The molecule has 0 bridgehead atoms. The molecule has 86 valence electrons. The zero-order chi connectivity index (χ0) is 12.3. The van der Waals surface area contributed by atoms with E-state index >= 15 is 0 Å². The van der Waals surface area contributed by atoms with Crippen LogP contribution in [0, 0.1) is 6.92 Å². The van der Waals surface area contributed by atoms with Gasteiger partial charge in [-0.1, -0.05) is 37.8 Å². The highest BCUT2D eigenvalue weighted by atomic mass is 14.8. The second-order valence-electron chi connectivity index (χ2n) is 3.97. The Labute approximate surface area is 102 Å². The first-order valence-electron chi connectivity index (χ1n) is 5.80. The number of nitrogens with zero attached hydrogens (tertiary/aromatic N) is 2. The molecule has 2 aromatic rings. The Bertz CT molecular complexity index is 583. The van der Waals surface area contributed by atoms with Crippen LogP contribution in [0.4, 0.5) is 5.69 Å². The Morgan fingerprint density at radius 3 is 2.76 bits per heavy atom. The summed E-state index contributed by atoms with van der Waals surface area (Å²) < 4.78 is 0. The van der Waals surface area contributed by atoms with Gasteiger partial charge in [-0.3, -0.25) is 9.98 Å². The first-order valence-corrected chi connectivity index (χ1v) is 5.80. The summed E-state index contributed by atoms with van der Waals surface area (Å²) in [6, 6.07) is 8.33. The van der Waals surface area contributed by atoms with Crippen LogP contribution in [0.5, 0.6) is 0 Å². The van der Waals surface area contributed by atoms with E-state index in [1.54, 1.807) is 12.3 Å². The van der Waals surface area contributed by atoms with Crippen LogP contribution < -0.4 is 0 Å². The molecule has 0 N–H and O–H groups in total. The zero-order valence-corrected chi connectivity index (χ0v) is 10.3. The lowest BCUT2D eigenvalue weighted by atomic mass is 10.1. The van der Waals surface area contributed by atoms with Crippen LogP contribution in [0.1, 0.15) is 18.2 Å². The van der Waals surface area contributed by atoms with E-state index in [1.807, 2.05) is 13.0 Å². The maximum Gasteiger partial charge on any atom is 0.0964 e. The molecular formula is C15H16N2. The van der Waals surface area contributed by atoms with Crippen LogP contribution in [-0.4, -0.2) is 11.2 Å². The van der Waals surface area contributed by atoms with E-state index < -0.39 is 0 Å². The highest BCUT2D eigenvalue weighted by molar-refractivity contribution is 5.93. The number of pyridine rings is 1. The van der Waals surface area contributed by atoms with Gasteiger partial charge >= 0.3 is 0 Å². The van der Waals surface area contributed by atoms with E-state index in [4.69, 9.17) is 0 Å². The molecular weight excluding hydrogens is 208 g/mol. The van der Waals surface area contributed by atoms with Crippen LogP contribution >= 0.6 is 0 Å². The molecule has 1 aromatic heterocycles. The second-order valence-corrected chi connectivity index (χ2v) is 3.97. The highest BCUT2D eigenvalue weighted by Gasteiger charge is 2.06. The van der Waals surface area contributed by atoms with Gasteiger partial charge < -0.3 is 0 Å². The number of hydrogen-bond acceptors (Lipinski definition) is 2. The Hall–Kier alpha value is -1.96. The van der Waals surface area contributed by atoms with E-state index in [-0.39, 0.29) is 0 Å². The zero-order valence-electron chi connectivity index (χ0n) is 10.3. The van der Waals surface area contributed by atoms with Crippen molar-refractivity contribution in [3.8, 4) is 0 Å². The van der Waals surface area contributed by atoms with Crippen molar-refractivity contribution in [3.63, 3.8) is 0 Å². The molecule has 1 heterocycles. The highest BCUT2D eigenvalue weighted by Crippen LogP contribution is 2.29. The first kappa shape index (κ1) is 11.5. The van der Waals surface area contributed by atoms with Crippen LogP contribution in [0.15, 0.2) is 41.9 Å². The fraction of sp³-hybridized carbons (Fsp3) is 0.200. The smallest absolute Gasteiger partial charge is 0.0964 e. The van der Waals surface area contributed by atoms with E-state index in [2.05, 4.69) is 41.7 Å². The Morgan fingerprint density at radius 1 is 1.29 bits per heavy atom. The largest absolute Gasteiger partial charge is 0.254 e. The monoisotopic (exact) mass is 224 g/mol. The first-order chi connectivity index (χ1) is 8.26. The average molecular weight is 224 g/mol. The fourth-order valence-corrected chi connectivity index (χ4v) is 1.87. The van der Waals surface area contributed by atoms with E-state index in [0.29, 0.717) is 0 Å². The number of aromatic nitrogens is 1. The summed E-state index contributed by atoms with van der Waals surface area (Å²) >= 11 is 0. The second kappa shape index (κ2) is 4.91. The third-order valence-corrected chi connectivity index (χ3v) is 2.75. The minimum Gasteiger partial charge on any atom is -0.254 e. The molecule has 0 aliphatic heterocycles. The Kier molecular flexibility index (Phi) is 3.33. The minimum atomic E-state index is 0.954. The van der Waals surface area contributed by atoms with E-state index in [9.17, 15) is 0 Å². The predicted octanol–water partition coefficient (Wildman–Crippen LogP) is 3.99. The Morgan fingerprint density at radius 2 is 2.06 bits per heavy atom. The maximum absolute atomic E-state index is 4.59. The van der Waals surface area contributed by atoms with Crippen LogP contribution in [0.25, 0.3) is 10.9 Å². The molecule has 0 aliphatic carbocycles. The van der Waals surface area contributed by atoms with Gasteiger partial charge in [0.25, 0.3) is 0 Å². The van der Waals surface area contributed by atoms with Crippen LogP contribution in [0.3, 0.4) is 0 Å². The Balaban J connectivity index is 2.76. The lowest BCUT2D eigenvalue weighted by Gasteiger charge is -2.07. The molecule has 17 heavy (non-hydrogen) atoms. The molecule has 0 saturated carbocycles. The number of aliphatic imine (C=N–C) groups is 1. The van der Waals surface area contributed by atoms with Crippen molar-refractivity contribution in [2.45, 2.75) is 20.3 Å². The number of allylic oxidation sites excluding steroid dienone is 1. The van der Waals surface area contributed by atoms with Gasteiger partial charge in [-0.05, 0) is 25.0 Å². The van der Waals surface area contributed by atoms with Gasteiger partial charge in [0.05, 0.1) is 11.2 Å². The van der Waals surface area contributed by atoms with Gasteiger partial charge in [-0.2, -0.15) is 0 Å². The lowest BCUT2D eigenvalue weighted by molar-refractivity contribution is 1.13. The number of hydrogen-bond donors (Lipinski definition) is 0. The number of rotatable bonds is 3. The summed E-state index contributed by atoms with van der Waals surface area (Å²) in [6.45, 7) is 7.79. The number of fused-ring (bicyclic) bond motifs is 1. The van der Waals surface area contributed by atoms with Gasteiger partial charge in [0.1, 0.15) is 0 Å². The molecule has 0 fully saturated rings. The molecule has 2 heteroatoms. The topological polar surface area (TPSA) is 25.2 Å². The van der Waals surface area contributed by atoms with Crippen LogP contribution in [-0.2, 0) is 6.42 Å². The molecule has 0 amide bonds. The molecule has 2 nitrogen and oxygen atoms in total. The van der Waals surface area contributed by atoms with Crippen molar-refractivity contribution >= 4 is 22.8 Å². The molecule has 0 spiro atoms. The summed E-state index contributed by atoms with van der Waals surface area (Å²) in [7, 11) is 0. The summed E-state index contributed by atoms with van der Waals surface area (Å²) in [5, 5.41) is 1.13. The molecule has 0 saturated heterocycles. The molecule has 1 aromatic carbocycles. The maximum atomic E-state index is 4.59. The van der Waals surface area contributed by atoms with Crippen molar-refractivity contribution in [2.24, 2.45) is 4.99 Å². The SMILES string of the molecule is C=CC=Nc1c(CC)ccc2ccc(C)nc12. The summed E-state index contributed by atoms with van der Waals surface area (Å²) in [5.74, 6) is 0. The summed E-state index contributed by atoms with van der Waals surface area (Å²) in [5.41, 5.74) is 4.17. The molecule has 0 atom stereocenters. The normalized spacial score (nSPS) is 11.2. The van der Waals surface area contributed by atoms with E-state index in [1.165, 1.54) is 5.56 Å². The average Bonchev–Trinajstić information content (AvgIpc) is 2.35. The fourth-order valence-electron chi connectivity index (χ4n) is 1.87. The van der Waals surface area contributed by atoms with Crippen molar-refractivity contribution in [1.29, 1.82) is 0 Å². The summed E-state index contributed by atoms with van der Waals surface area (Å²) in [6.07, 6.45) is 4.36. The van der Waals surface area contributed by atoms with Crippen molar-refractivity contribution in [3.05, 3.63) is 48.2 Å². The van der Waals surface area contributed by atoms with Gasteiger partial charge in [0, 0.05) is 17.3 Å². The molecule has 0 unspecified atom stereocenters.